The van der Waals surface area contributed by atoms with Crippen molar-refractivity contribution < 1.29 is 57.8 Å². The molecule has 7 rings (SSSR count). The second-order valence-corrected chi connectivity index (χ2v) is 21.0. The summed E-state index contributed by atoms with van der Waals surface area (Å²) in [5, 5.41) is 61.5. The van der Waals surface area contributed by atoms with Crippen molar-refractivity contribution in [1.29, 1.82) is 0 Å². The fraction of sp³-hybridized carbons (Fsp3) is 0.250. The van der Waals surface area contributed by atoms with Crippen LogP contribution in [0.2, 0.25) is 0 Å². The Hall–Kier alpha value is -5.43. The lowest BCUT2D eigenvalue weighted by molar-refractivity contribution is 0.297. The maximum absolute atomic E-state index is 10.2. The van der Waals surface area contributed by atoms with Gasteiger partial charge in [0.2, 0.25) is 0 Å². The van der Waals surface area contributed by atoms with Gasteiger partial charge in [-0.05, 0) is 108 Å². The number of rotatable bonds is 24. The van der Waals surface area contributed by atoms with Crippen LogP contribution in [0.3, 0.4) is 0 Å². The van der Waals surface area contributed by atoms with Crippen LogP contribution in [0.1, 0.15) is 33.4 Å². The van der Waals surface area contributed by atoms with Gasteiger partial charge in [-0.3, -0.25) is 0 Å². The van der Waals surface area contributed by atoms with Crippen molar-refractivity contribution in [1.82, 2.24) is 0 Å². The molecule has 0 aliphatic carbocycles. The first-order valence-electron chi connectivity index (χ1n) is 21.5. The third-order valence-electron chi connectivity index (χ3n) is 10.1. The zero-order chi connectivity index (χ0) is 46.2. The second kappa shape index (κ2) is 23.3. The first-order valence-corrected chi connectivity index (χ1v) is 26.1. The second-order valence-electron chi connectivity index (χ2n) is 14.8. The van der Waals surface area contributed by atoms with Gasteiger partial charge in [-0.1, -0.05) is 123 Å². The molecule has 66 heavy (non-hydrogen) atoms. The van der Waals surface area contributed by atoms with Crippen LogP contribution in [0.15, 0.2) is 159 Å². The van der Waals surface area contributed by atoms with E-state index in [2.05, 4.69) is 0 Å². The van der Waals surface area contributed by atoms with E-state index in [0.717, 1.165) is 0 Å². The lowest BCUT2D eigenvalue weighted by Gasteiger charge is -2.34. The van der Waals surface area contributed by atoms with Gasteiger partial charge in [0.25, 0.3) is 0 Å². The Balaban J connectivity index is 1.67. The predicted molar refractivity (Wildman–Crippen MR) is 255 cm³/mol. The normalized spacial score (nSPS) is 14.5. The van der Waals surface area contributed by atoms with E-state index in [0.29, 0.717) is 33.4 Å². The third-order valence-corrected chi connectivity index (χ3v) is 18.1. The molecule has 0 fully saturated rings. The fourth-order valence-corrected chi connectivity index (χ4v) is 16.3. The first-order chi connectivity index (χ1) is 32.3. The van der Waals surface area contributed by atoms with E-state index in [1.54, 1.807) is 109 Å². The van der Waals surface area contributed by atoms with Gasteiger partial charge in [0.05, 0.1) is 0 Å². The van der Waals surface area contributed by atoms with Crippen LogP contribution in [-0.2, 0) is 38.5 Å². The van der Waals surface area contributed by atoms with Crippen molar-refractivity contribution >= 4 is 23.0 Å². The summed E-state index contributed by atoms with van der Waals surface area (Å²) in [7, 11) is -13.4. The highest BCUT2D eigenvalue weighted by molar-refractivity contribution is 7.79. The highest BCUT2D eigenvalue weighted by Crippen LogP contribution is 2.79. The van der Waals surface area contributed by atoms with Crippen molar-refractivity contribution in [3.63, 3.8) is 0 Å². The number of benzene rings is 6. The summed E-state index contributed by atoms with van der Waals surface area (Å²) in [5.74, 6) is 1.54. The van der Waals surface area contributed by atoms with Crippen molar-refractivity contribution in [2.24, 2.45) is 13.5 Å². The molecular weight excluding hydrogens is 903 g/mol. The van der Waals surface area contributed by atoms with Crippen LogP contribution in [0.4, 0.5) is 0 Å². The Morgan fingerprint density at radius 3 is 0.561 bits per heavy atom. The molecule has 15 nitrogen and oxygen atoms in total. The highest BCUT2D eigenvalue weighted by Gasteiger charge is 2.50. The topological polar surface area (TPSA) is 214 Å². The zero-order valence-corrected chi connectivity index (χ0v) is 38.8. The minimum atomic E-state index is -4.45. The molecule has 1 heterocycles. The fourth-order valence-electron chi connectivity index (χ4n) is 7.05. The van der Waals surface area contributed by atoms with E-state index in [4.69, 9.17) is 40.7 Å². The maximum atomic E-state index is 10.2. The largest absolute Gasteiger partial charge is 0.460 e. The molecule has 0 spiro atoms. The Bertz CT molecular complexity index is 2260. The smallest absolute Gasteiger partial charge is 0.413 e. The van der Waals surface area contributed by atoms with Gasteiger partial charge < -0.3 is 57.8 Å². The number of nitrogens with zero attached hydrogens (tertiary/aromatic N) is 3. The van der Waals surface area contributed by atoms with E-state index in [1.807, 2.05) is 36.4 Å². The molecule has 6 aromatic carbocycles. The Morgan fingerprint density at radius 2 is 0.409 bits per heavy atom. The summed E-state index contributed by atoms with van der Waals surface area (Å²) in [4.78, 5) is 0. The quantitative estimate of drug-likeness (QED) is 0.0313. The highest BCUT2D eigenvalue weighted by atomic mass is 31.3. The minimum absolute atomic E-state index is 0.189. The molecule has 0 amide bonds. The molecule has 1 aliphatic heterocycles. The number of aliphatic hydroxyl groups excluding tert-OH is 6. The number of aliphatic hydroxyl groups is 6. The molecule has 6 aromatic rings. The first kappa shape index (κ1) is 48.5. The van der Waals surface area contributed by atoms with Crippen molar-refractivity contribution in [2.75, 3.05) is 39.6 Å². The minimum Gasteiger partial charge on any atom is -0.413 e. The van der Waals surface area contributed by atoms with Crippen molar-refractivity contribution in [2.45, 2.75) is 38.5 Å². The molecule has 0 saturated heterocycles. The third kappa shape index (κ3) is 12.1. The molecule has 6 N–H and O–H groups in total. The molecule has 18 heteroatoms. The lowest BCUT2D eigenvalue weighted by atomic mass is 10.1. The number of hydrogen-bond acceptors (Lipinski definition) is 15. The summed E-state index contributed by atoms with van der Waals surface area (Å²) < 4.78 is 58.9. The summed E-state index contributed by atoms with van der Waals surface area (Å²) >= 11 is 0. The Labute approximate surface area is 384 Å². The summed E-state index contributed by atoms with van der Waals surface area (Å²) in [6, 6.07) is 42.5. The van der Waals surface area contributed by atoms with Gasteiger partial charge >= 0.3 is 23.0 Å². The van der Waals surface area contributed by atoms with Gasteiger partial charge in [0.15, 0.2) is 0 Å². The lowest BCUT2D eigenvalue weighted by Crippen LogP contribution is -2.13. The van der Waals surface area contributed by atoms with Gasteiger partial charge in [0.1, 0.15) is 34.5 Å². The van der Waals surface area contributed by atoms with Crippen LogP contribution >= 0.6 is 23.0 Å². The molecule has 348 valence electrons. The van der Waals surface area contributed by atoms with Crippen LogP contribution < -0.4 is 27.1 Å². The molecule has 0 bridgehead atoms. The Kier molecular flexibility index (Phi) is 17.2. The molecule has 0 atom stereocenters. The summed E-state index contributed by atoms with van der Waals surface area (Å²) in [5.41, 5.74) is 3.58. The SMILES string of the molecule is OCCc1ccccc1OP1(Oc2ccccc2CCO)=NP(Oc2ccccc2CCO)(Oc2ccccc2CCO)=NP(Oc2ccccc2CCO)(Oc2ccccc2CCO)=N1. The molecule has 0 aromatic heterocycles. The van der Waals surface area contributed by atoms with Gasteiger partial charge in [-0.2, -0.15) is 0 Å². The van der Waals surface area contributed by atoms with Crippen LogP contribution in [0.5, 0.6) is 34.5 Å². The standard InChI is InChI=1S/C48H54N3O12P3/c52-31-25-37-13-1-7-19-43(37)58-64(59-44-20-8-2-14-38(44)26-32-53)49-65(60-45-21-9-3-15-39(45)27-33-54,61-46-22-10-4-16-40(46)28-34-55)51-66(50-64,62-47-23-11-5-17-41(47)29-35-56)63-48-24-12-6-18-42(48)30-36-57/h1-24,52-57H,25-36H2. The van der Waals surface area contributed by atoms with E-state index < -0.39 is 23.0 Å². The average molecular weight is 958 g/mol. The Morgan fingerprint density at radius 1 is 0.258 bits per heavy atom. The molecule has 0 radical (unpaired) electrons. The maximum Gasteiger partial charge on any atom is 0.460 e. The summed E-state index contributed by atoms with van der Waals surface area (Å²) in [6.45, 7) is -1.28. The van der Waals surface area contributed by atoms with Crippen LogP contribution in [0.25, 0.3) is 0 Å². The average Bonchev–Trinajstić information content (AvgIpc) is 3.31. The van der Waals surface area contributed by atoms with E-state index in [1.165, 1.54) is 0 Å². The van der Waals surface area contributed by atoms with Crippen LogP contribution in [0, 0.1) is 0 Å². The molecular formula is C48H54N3O12P3. The number of para-hydroxylation sites is 6. The van der Waals surface area contributed by atoms with Gasteiger partial charge in [-0.25, -0.2) is 0 Å². The van der Waals surface area contributed by atoms with Crippen molar-refractivity contribution in [3.8, 4) is 34.5 Å². The van der Waals surface area contributed by atoms with Crippen molar-refractivity contribution in [3.05, 3.63) is 179 Å². The van der Waals surface area contributed by atoms with E-state index in [-0.39, 0.29) is 113 Å². The molecule has 1 aliphatic rings. The predicted octanol–water partition coefficient (Wildman–Crippen LogP) is 9.52. The molecule has 0 unspecified atom stereocenters. The van der Waals surface area contributed by atoms with E-state index >= 15 is 0 Å². The van der Waals surface area contributed by atoms with Crippen LogP contribution in [-0.4, -0.2) is 70.3 Å². The van der Waals surface area contributed by atoms with E-state index in [9.17, 15) is 30.6 Å². The molecule has 0 saturated carbocycles. The summed E-state index contributed by atoms with van der Waals surface area (Å²) in [6.07, 6.45) is 1.13. The number of hydrogen-bond donors (Lipinski definition) is 6. The van der Waals surface area contributed by atoms with Gasteiger partial charge in [-0.15, -0.1) is 0 Å². The van der Waals surface area contributed by atoms with Gasteiger partial charge in [0, 0.05) is 39.6 Å². The monoisotopic (exact) mass is 957 g/mol. The zero-order valence-electron chi connectivity index (χ0n) is 36.2.